The largest absolute Gasteiger partial charge is 0.346 e. The van der Waals surface area contributed by atoms with Gasteiger partial charge in [0.2, 0.25) is 0 Å². The Bertz CT molecular complexity index is 1080. The summed E-state index contributed by atoms with van der Waals surface area (Å²) >= 11 is 0. The summed E-state index contributed by atoms with van der Waals surface area (Å²) in [6, 6.07) is 2.28. The highest BCUT2D eigenvalue weighted by Gasteiger charge is 2.35. The van der Waals surface area contributed by atoms with Crippen LogP contribution in [-0.4, -0.2) is 50.6 Å². The molecule has 2 aromatic heterocycles. The van der Waals surface area contributed by atoms with Gasteiger partial charge in [-0.15, -0.1) is 10.7 Å². The maximum Gasteiger partial charge on any atom is 0.322 e. The van der Waals surface area contributed by atoms with Gasteiger partial charge in [0.1, 0.15) is 5.65 Å². The van der Waals surface area contributed by atoms with Crippen molar-refractivity contribution < 1.29 is 4.79 Å². The molecule has 2 atom stereocenters. The van der Waals surface area contributed by atoms with Crippen LogP contribution in [0.1, 0.15) is 38.7 Å². The zero-order valence-electron chi connectivity index (χ0n) is 18.3. The van der Waals surface area contributed by atoms with Gasteiger partial charge in [-0.2, -0.15) is 0 Å². The number of allylic oxidation sites excluding steroid dienone is 3. The molecule has 5 rings (SSSR count). The fourth-order valence-corrected chi connectivity index (χ4v) is 7.01. The van der Waals surface area contributed by atoms with Gasteiger partial charge in [-0.1, -0.05) is 30.7 Å². The number of carbonyl (C=O) groups excluding carboxylic acids is 1. The number of rotatable bonds is 4. The molecule has 4 heterocycles. The van der Waals surface area contributed by atoms with Crippen LogP contribution in [0.25, 0.3) is 11.0 Å². The Morgan fingerprint density at radius 3 is 2.94 bits per heavy atom. The SMILES string of the molecule is C/C=S(\CC1=CC=CCC1C)N1CCC(N2C(=O)NCc3cnc4[nH]ccc4c32)CC1. The van der Waals surface area contributed by atoms with E-state index in [9.17, 15) is 4.79 Å². The molecule has 1 aliphatic carbocycles. The fourth-order valence-electron chi connectivity index (χ4n) is 4.96. The first kappa shape index (κ1) is 20.5. The Kier molecular flexibility index (Phi) is 5.71. The Labute approximate surface area is 186 Å². The van der Waals surface area contributed by atoms with Gasteiger partial charge in [-0.05, 0) is 43.5 Å². The summed E-state index contributed by atoms with van der Waals surface area (Å²) < 4.78 is 2.63. The van der Waals surface area contributed by atoms with E-state index in [1.807, 2.05) is 23.4 Å². The van der Waals surface area contributed by atoms with Crippen LogP contribution in [0.3, 0.4) is 0 Å². The normalized spacial score (nSPS) is 23.7. The molecule has 0 spiro atoms. The highest BCUT2D eigenvalue weighted by Crippen LogP contribution is 2.37. The number of fused-ring (bicyclic) bond motifs is 3. The van der Waals surface area contributed by atoms with E-state index in [1.165, 1.54) is 0 Å². The lowest BCUT2D eigenvalue weighted by molar-refractivity contribution is 0.237. The number of H-pyrrole nitrogens is 1. The van der Waals surface area contributed by atoms with E-state index in [2.05, 4.69) is 57.0 Å². The molecule has 1 saturated heterocycles. The van der Waals surface area contributed by atoms with Crippen LogP contribution in [0.15, 0.2) is 42.3 Å². The molecule has 2 aromatic rings. The van der Waals surface area contributed by atoms with Crippen LogP contribution >= 0.6 is 10.7 Å². The monoisotopic (exact) mass is 437 g/mol. The van der Waals surface area contributed by atoms with Crippen LogP contribution in [0.4, 0.5) is 10.5 Å². The van der Waals surface area contributed by atoms with Crippen molar-refractivity contribution >= 4 is 38.8 Å². The van der Waals surface area contributed by atoms with E-state index < -0.39 is 0 Å². The zero-order chi connectivity index (χ0) is 21.4. The number of anilines is 1. The van der Waals surface area contributed by atoms with Gasteiger partial charge in [-0.3, -0.25) is 9.21 Å². The minimum Gasteiger partial charge on any atom is -0.346 e. The standard InChI is InChI=1S/C24H31N5OS/c1-3-31(16-18-7-5-4-6-17(18)2)28-12-9-20(10-13-28)29-22-19(15-27-24(29)30)14-26-23-21(22)8-11-25-23/h3-5,7-8,11,14,17,20H,6,9-10,12-13,15-16H2,1-2H3,(H,25,26)(H,27,30). The lowest BCUT2D eigenvalue weighted by Gasteiger charge is -2.42. The summed E-state index contributed by atoms with van der Waals surface area (Å²) in [6.45, 7) is 7.13. The number of hydrogen-bond donors (Lipinski definition) is 2. The summed E-state index contributed by atoms with van der Waals surface area (Å²) in [5, 5.41) is 6.47. The summed E-state index contributed by atoms with van der Waals surface area (Å²) in [5.74, 6) is 1.78. The third-order valence-corrected chi connectivity index (χ3v) is 9.00. The molecule has 2 amide bonds. The van der Waals surface area contributed by atoms with E-state index in [4.69, 9.17) is 0 Å². The molecular weight excluding hydrogens is 406 g/mol. The first-order chi connectivity index (χ1) is 15.2. The molecular formula is C24H31N5OS. The maximum atomic E-state index is 12.9. The van der Waals surface area contributed by atoms with Crippen molar-refractivity contribution in [2.75, 3.05) is 23.7 Å². The van der Waals surface area contributed by atoms with Crippen LogP contribution < -0.4 is 10.2 Å². The van der Waals surface area contributed by atoms with Crippen LogP contribution in [0.2, 0.25) is 0 Å². The van der Waals surface area contributed by atoms with Crippen molar-refractivity contribution in [3.63, 3.8) is 0 Å². The molecule has 164 valence electrons. The van der Waals surface area contributed by atoms with E-state index in [0.29, 0.717) is 12.5 Å². The molecule has 0 aromatic carbocycles. The minimum absolute atomic E-state index is 0.0219. The predicted octanol–water partition coefficient (Wildman–Crippen LogP) is 4.59. The first-order valence-corrected chi connectivity index (χ1v) is 12.7. The van der Waals surface area contributed by atoms with Crippen molar-refractivity contribution in [3.05, 3.63) is 47.8 Å². The Hall–Kier alpha value is -2.38. The summed E-state index contributed by atoms with van der Waals surface area (Å²) in [5.41, 5.74) is 4.56. The molecule has 2 unspecified atom stereocenters. The van der Waals surface area contributed by atoms with Gasteiger partial charge in [0.25, 0.3) is 0 Å². The van der Waals surface area contributed by atoms with Crippen molar-refractivity contribution in [1.29, 1.82) is 0 Å². The molecule has 3 aliphatic rings. The second-order valence-corrected chi connectivity index (χ2v) is 10.7. The number of piperidine rings is 1. The number of carbonyl (C=O) groups is 1. The second-order valence-electron chi connectivity index (χ2n) is 8.65. The average Bonchev–Trinajstić information content (AvgIpc) is 3.28. The second kappa shape index (κ2) is 8.63. The molecule has 2 N–H and O–H groups in total. The third-order valence-electron chi connectivity index (χ3n) is 6.80. The predicted molar refractivity (Wildman–Crippen MR) is 131 cm³/mol. The topological polar surface area (TPSA) is 64.3 Å². The van der Waals surface area contributed by atoms with Crippen molar-refractivity contribution in [2.24, 2.45) is 5.92 Å². The van der Waals surface area contributed by atoms with Gasteiger partial charge < -0.3 is 10.3 Å². The van der Waals surface area contributed by atoms with Crippen molar-refractivity contribution in [3.8, 4) is 0 Å². The number of aromatic nitrogens is 2. The van der Waals surface area contributed by atoms with Gasteiger partial charge in [0, 0.05) is 54.8 Å². The maximum absolute atomic E-state index is 12.9. The molecule has 6 nitrogen and oxygen atoms in total. The summed E-state index contributed by atoms with van der Waals surface area (Å²) in [4.78, 5) is 22.7. The van der Waals surface area contributed by atoms with Gasteiger partial charge >= 0.3 is 6.03 Å². The fraction of sp³-hybridized carbons (Fsp3) is 0.458. The lowest BCUT2D eigenvalue weighted by atomic mass is 9.95. The Morgan fingerprint density at radius 1 is 1.32 bits per heavy atom. The molecule has 31 heavy (non-hydrogen) atoms. The van der Waals surface area contributed by atoms with Crippen LogP contribution in [0, 0.1) is 5.92 Å². The van der Waals surface area contributed by atoms with Crippen LogP contribution in [-0.2, 0) is 6.54 Å². The highest BCUT2D eigenvalue weighted by atomic mass is 32.2. The lowest BCUT2D eigenvalue weighted by Crippen LogP contribution is -2.53. The number of nitrogens with one attached hydrogen (secondary N) is 2. The van der Waals surface area contributed by atoms with Crippen LogP contribution in [0.5, 0.6) is 0 Å². The number of hydrogen-bond acceptors (Lipinski definition) is 3. The molecule has 0 bridgehead atoms. The highest BCUT2D eigenvalue weighted by molar-refractivity contribution is 8.13. The van der Waals surface area contributed by atoms with E-state index in [0.717, 1.165) is 60.4 Å². The Balaban J connectivity index is 1.33. The van der Waals surface area contributed by atoms with Gasteiger partial charge in [0.05, 0.1) is 5.69 Å². The van der Waals surface area contributed by atoms with Crippen molar-refractivity contribution in [2.45, 2.75) is 45.7 Å². The van der Waals surface area contributed by atoms with E-state index >= 15 is 0 Å². The zero-order valence-corrected chi connectivity index (χ0v) is 19.1. The van der Waals surface area contributed by atoms with E-state index in [1.54, 1.807) is 5.57 Å². The smallest absolute Gasteiger partial charge is 0.322 e. The van der Waals surface area contributed by atoms with Gasteiger partial charge in [-0.25, -0.2) is 9.78 Å². The van der Waals surface area contributed by atoms with E-state index in [-0.39, 0.29) is 22.7 Å². The number of pyridine rings is 1. The summed E-state index contributed by atoms with van der Waals surface area (Å²) in [6.07, 6.45) is 13.7. The molecule has 7 heteroatoms. The summed E-state index contributed by atoms with van der Waals surface area (Å²) in [7, 11) is 0.146. The molecule has 2 aliphatic heterocycles. The number of aromatic amines is 1. The van der Waals surface area contributed by atoms with Crippen molar-refractivity contribution in [1.82, 2.24) is 19.6 Å². The Morgan fingerprint density at radius 2 is 2.16 bits per heavy atom. The molecule has 0 radical (unpaired) electrons. The number of amides is 2. The quantitative estimate of drug-likeness (QED) is 0.688. The number of urea groups is 1. The molecule has 0 saturated carbocycles. The molecule has 1 fully saturated rings. The average molecular weight is 438 g/mol. The first-order valence-electron chi connectivity index (χ1n) is 11.3. The third kappa shape index (κ3) is 3.85. The number of nitrogens with zero attached hydrogens (tertiary/aromatic N) is 3. The van der Waals surface area contributed by atoms with Gasteiger partial charge in [0.15, 0.2) is 0 Å². The minimum atomic E-state index is 0.0219.